The van der Waals surface area contributed by atoms with Gasteiger partial charge in [-0.1, -0.05) is 51.5 Å². The monoisotopic (exact) mass is 526 g/mol. The van der Waals surface area contributed by atoms with E-state index in [-0.39, 0.29) is 12.2 Å². The first-order valence-corrected chi connectivity index (χ1v) is 12.2. The average molecular weight is 527 g/mol. The maximum absolute atomic E-state index is 13.5. The van der Waals surface area contributed by atoms with Gasteiger partial charge in [0.2, 0.25) is 0 Å². The summed E-state index contributed by atoms with van der Waals surface area (Å²) in [5.41, 5.74) is 2.42. The number of carbonyl (C=O) groups is 1. The Morgan fingerprint density at radius 2 is 1.82 bits per heavy atom. The number of aromatic nitrogens is 1. The summed E-state index contributed by atoms with van der Waals surface area (Å²) in [6.07, 6.45) is 1.83. The first-order valence-electron chi connectivity index (χ1n) is 10.6. The summed E-state index contributed by atoms with van der Waals surface area (Å²) in [7, 11) is 0. The van der Waals surface area contributed by atoms with Gasteiger partial charge in [-0.05, 0) is 62.2 Å². The SMILES string of the molecule is CCOC(=O)C1=C(C)N=c2s/c(=C\c3ccc(OCC)cc3)c(=O)n2[C@@H]1c1ccc(Br)cc1. The number of rotatable bonds is 6. The van der Waals surface area contributed by atoms with Crippen LogP contribution in [0.15, 0.2) is 74.1 Å². The van der Waals surface area contributed by atoms with Gasteiger partial charge >= 0.3 is 5.97 Å². The lowest BCUT2D eigenvalue weighted by Crippen LogP contribution is -2.39. The summed E-state index contributed by atoms with van der Waals surface area (Å²) in [5.74, 6) is 0.313. The second kappa shape index (κ2) is 9.89. The zero-order chi connectivity index (χ0) is 23.5. The smallest absolute Gasteiger partial charge is 0.338 e. The van der Waals surface area contributed by atoms with Gasteiger partial charge < -0.3 is 9.47 Å². The van der Waals surface area contributed by atoms with Crippen molar-refractivity contribution in [3.05, 3.63) is 95.1 Å². The number of benzene rings is 2. The molecule has 0 bridgehead atoms. The highest BCUT2D eigenvalue weighted by Crippen LogP contribution is 2.31. The Morgan fingerprint density at radius 3 is 2.45 bits per heavy atom. The van der Waals surface area contributed by atoms with Gasteiger partial charge in [-0.25, -0.2) is 9.79 Å². The van der Waals surface area contributed by atoms with Crippen molar-refractivity contribution < 1.29 is 14.3 Å². The summed E-state index contributed by atoms with van der Waals surface area (Å²) in [6, 6.07) is 14.5. The van der Waals surface area contributed by atoms with Crippen molar-refractivity contribution in [1.29, 1.82) is 0 Å². The molecule has 1 aliphatic rings. The Morgan fingerprint density at radius 1 is 1.12 bits per heavy atom. The maximum Gasteiger partial charge on any atom is 0.338 e. The van der Waals surface area contributed by atoms with E-state index in [1.807, 2.05) is 61.5 Å². The van der Waals surface area contributed by atoms with Crippen molar-refractivity contribution in [3.8, 4) is 5.75 Å². The van der Waals surface area contributed by atoms with Gasteiger partial charge in [0.05, 0.1) is 35.1 Å². The van der Waals surface area contributed by atoms with Crippen LogP contribution in [0.1, 0.15) is 37.9 Å². The molecule has 0 amide bonds. The van der Waals surface area contributed by atoms with Crippen LogP contribution in [0.3, 0.4) is 0 Å². The first-order chi connectivity index (χ1) is 15.9. The minimum absolute atomic E-state index is 0.199. The number of hydrogen-bond donors (Lipinski definition) is 0. The molecule has 1 atom stereocenters. The molecule has 4 rings (SSSR count). The van der Waals surface area contributed by atoms with Crippen LogP contribution in [-0.4, -0.2) is 23.8 Å². The van der Waals surface area contributed by atoms with E-state index in [1.165, 1.54) is 11.3 Å². The number of esters is 1. The standard InChI is InChI=1S/C25H23BrN2O4S/c1-4-31-19-12-6-16(7-13-19)14-20-23(29)28-22(17-8-10-18(26)11-9-17)21(24(30)32-5-2)15(3)27-25(28)33-20/h6-14,22H,4-5H2,1-3H3/b20-14-/t22-/m1/s1. The van der Waals surface area contributed by atoms with Gasteiger partial charge in [-0.2, -0.15) is 0 Å². The van der Waals surface area contributed by atoms with Crippen LogP contribution in [0, 0.1) is 0 Å². The topological polar surface area (TPSA) is 69.9 Å². The minimum atomic E-state index is -0.615. The van der Waals surface area contributed by atoms with Crippen LogP contribution in [0.25, 0.3) is 6.08 Å². The van der Waals surface area contributed by atoms with Crippen molar-refractivity contribution in [3.63, 3.8) is 0 Å². The van der Waals surface area contributed by atoms with Gasteiger partial charge in [0, 0.05) is 4.47 Å². The quantitative estimate of drug-likeness (QED) is 0.456. The number of carbonyl (C=O) groups excluding carboxylic acids is 1. The summed E-state index contributed by atoms with van der Waals surface area (Å²) in [4.78, 5) is 31.6. The van der Waals surface area contributed by atoms with E-state index in [0.29, 0.717) is 27.2 Å². The predicted octanol–water partition coefficient (Wildman–Crippen LogP) is 3.96. The zero-order valence-electron chi connectivity index (χ0n) is 18.5. The van der Waals surface area contributed by atoms with Crippen molar-refractivity contribution in [1.82, 2.24) is 4.57 Å². The summed E-state index contributed by atoms with van der Waals surface area (Å²) in [5, 5.41) is 0. The van der Waals surface area contributed by atoms with Crippen LogP contribution in [-0.2, 0) is 9.53 Å². The second-order valence-corrected chi connectivity index (χ2v) is 9.28. The van der Waals surface area contributed by atoms with Crippen molar-refractivity contribution in [2.24, 2.45) is 4.99 Å². The number of nitrogens with zero attached hydrogens (tertiary/aromatic N) is 2. The summed E-state index contributed by atoms with van der Waals surface area (Å²) in [6.45, 7) is 6.31. The van der Waals surface area contributed by atoms with E-state index in [9.17, 15) is 9.59 Å². The number of thiazole rings is 1. The molecular formula is C25H23BrN2O4S. The molecule has 0 saturated carbocycles. The van der Waals surface area contributed by atoms with E-state index in [1.54, 1.807) is 18.4 Å². The number of hydrogen-bond acceptors (Lipinski definition) is 6. The Bertz CT molecular complexity index is 1390. The molecule has 33 heavy (non-hydrogen) atoms. The molecule has 0 spiro atoms. The average Bonchev–Trinajstić information content (AvgIpc) is 3.09. The molecular weight excluding hydrogens is 504 g/mol. The molecule has 8 heteroatoms. The van der Waals surface area contributed by atoms with Gasteiger partial charge in [-0.3, -0.25) is 9.36 Å². The van der Waals surface area contributed by atoms with Gasteiger partial charge in [0.15, 0.2) is 4.80 Å². The van der Waals surface area contributed by atoms with Crippen molar-refractivity contribution in [2.75, 3.05) is 13.2 Å². The van der Waals surface area contributed by atoms with Crippen molar-refractivity contribution >= 4 is 39.3 Å². The van der Waals surface area contributed by atoms with Crippen molar-refractivity contribution in [2.45, 2.75) is 26.8 Å². The Labute approximate surface area is 203 Å². The molecule has 1 aliphatic heterocycles. The fourth-order valence-corrected chi connectivity index (χ4v) is 5.04. The Hall–Kier alpha value is -2.97. The molecule has 0 fully saturated rings. The normalized spacial score (nSPS) is 15.8. The molecule has 0 unspecified atom stereocenters. The maximum atomic E-state index is 13.5. The van der Waals surface area contributed by atoms with E-state index in [2.05, 4.69) is 20.9 Å². The van der Waals surface area contributed by atoms with Crippen LogP contribution in [0.5, 0.6) is 5.75 Å². The molecule has 0 radical (unpaired) electrons. The van der Waals surface area contributed by atoms with Crippen LogP contribution < -0.4 is 19.6 Å². The Kier molecular flexibility index (Phi) is 6.95. The fourth-order valence-electron chi connectivity index (χ4n) is 3.73. The van der Waals surface area contributed by atoms with Gasteiger partial charge in [0.25, 0.3) is 5.56 Å². The molecule has 0 N–H and O–H groups in total. The molecule has 1 aromatic heterocycles. The first kappa shape index (κ1) is 23.2. The minimum Gasteiger partial charge on any atom is -0.494 e. The fraction of sp³-hybridized carbons (Fsp3) is 0.240. The molecule has 170 valence electrons. The molecule has 0 aliphatic carbocycles. The zero-order valence-corrected chi connectivity index (χ0v) is 20.9. The molecule has 6 nitrogen and oxygen atoms in total. The van der Waals surface area contributed by atoms with E-state index in [0.717, 1.165) is 21.3 Å². The second-order valence-electron chi connectivity index (χ2n) is 7.36. The molecule has 2 heterocycles. The third kappa shape index (κ3) is 4.72. The lowest BCUT2D eigenvalue weighted by atomic mass is 9.96. The Balaban J connectivity index is 1.88. The third-order valence-electron chi connectivity index (χ3n) is 5.19. The summed E-state index contributed by atoms with van der Waals surface area (Å²) < 4.78 is 13.9. The largest absolute Gasteiger partial charge is 0.494 e. The summed E-state index contributed by atoms with van der Waals surface area (Å²) >= 11 is 4.75. The lowest BCUT2D eigenvalue weighted by molar-refractivity contribution is -0.139. The van der Waals surface area contributed by atoms with E-state index < -0.39 is 12.0 Å². The van der Waals surface area contributed by atoms with Crippen LogP contribution in [0.4, 0.5) is 0 Å². The highest BCUT2D eigenvalue weighted by atomic mass is 79.9. The van der Waals surface area contributed by atoms with Gasteiger partial charge in [0.1, 0.15) is 5.75 Å². The molecule has 2 aromatic carbocycles. The van der Waals surface area contributed by atoms with Crippen LogP contribution in [0.2, 0.25) is 0 Å². The van der Waals surface area contributed by atoms with Crippen LogP contribution >= 0.6 is 27.3 Å². The van der Waals surface area contributed by atoms with E-state index >= 15 is 0 Å². The predicted molar refractivity (Wildman–Crippen MR) is 132 cm³/mol. The van der Waals surface area contributed by atoms with Gasteiger partial charge in [-0.15, -0.1) is 0 Å². The number of halogens is 1. The highest BCUT2D eigenvalue weighted by Gasteiger charge is 2.33. The third-order valence-corrected chi connectivity index (χ3v) is 6.70. The highest BCUT2D eigenvalue weighted by molar-refractivity contribution is 9.10. The lowest BCUT2D eigenvalue weighted by Gasteiger charge is -2.24. The molecule has 3 aromatic rings. The number of ether oxygens (including phenoxy) is 2. The molecule has 0 saturated heterocycles. The number of allylic oxidation sites excluding steroid dienone is 1. The number of fused-ring (bicyclic) bond motifs is 1. The van der Waals surface area contributed by atoms with E-state index in [4.69, 9.17) is 9.47 Å².